The van der Waals surface area contributed by atoms with E-state index in [1.807, 2.05) is 16.7 Å². The highest BCUT2D eigenvalue weighted by Crippen LogP contribution is 2.16. The maximum Gasteiger partial charge on any atom is 0.251 e. The first-order valence-corrected chi connectivity index (χ1v) is 9.90. The monoisotopic (exact) mass is 493 g/mol. The molecule has 3 aliphatic heterocycles. The minimum atomic E-state index is -0.249. The summed E-state index contributed by atoms with van der Waals surface area (Å²) in [5.41, 5.74) is 0. The van der Waals surface area contributed by atoms with Crippen molar-refractivity contribution in [3.05, 3.63) is 0 Å². The molecule has 0 aliphatic carbocycles. The predicted octanol–water partition coefficient (Wildman–Crippen LogP) is 0.516. The van der Waals surface area contributed by atoms with Gasteiger partial charge in [-0.05, 0) is 32.6 Å². The molecule has 0 aromatic rings. The lowest BCUT2D eigenvalue weighted by Gasteiger charge is -2.37. The van der Waals surface area contributed by atoms with Gasteiger partial charge in [0.2, 0.25) is 5.91 Å². The second kappa shape index (κ2) is 11.0. The fourth-order valence-electron chi connectivity index (χ4n) is 3.75. The van der Waals surface area contributed by atoms with Crippen molar-refractivity contribution < 1.29 is 14.3 Å². The van der Waals surface area contributed by atoms with Gasteiger partial charge in [0.05, 0.1) is 0 Å². The Kier molecular flexibility index (Phi) is 9.07. The van der Waals surface area contributed by atoms with E-state index in [9.17, 15) is 9.59 Å². The summed E-state index contributed by atoms with van der Waals surface area (Å²) in [7, 11) is 0. The number of aliphatic imine (C=N–C) groups is 1. The highest BCUT2D eigenvalue weighted by atomic mass is 127. The number of carbonyl (C=O) groups excluding carboxylic acids is 2. The molecule has 1 unspecified atom stereocenters. The zero-order valence-electron chi connectivity index (χ0n) is 16.2. The van der Waals surface area contributed by atoms with E-state index in [-0.39, 0.29) is 48.4 Å². The number of nitrogens with zero attached hydrogens (tertiary/aromatic N) is 4. The molecular formula is C18H32IN5O3. The smallest absolute Gasteiger partial charge is 0.251 e. The molecule has 27 heavy (non-hydrogen) atoms. The Morgan fingerprint density at radius 3 is 2.26 bits per heavy atom. The summed E-state index contributed by atoms with van der Waals surface area (Å²) in [6, 6.07) is 0. The molecule has 3 aliphatic rings. The zero-order chi connectivity index (χ0) is 18.4. The van der Waals surface area contributed by atoms with Gasteiger partial charge in [0.25, 0.3) is 5.91 Å². The van der Waals surface area contributed by atoms with E-state index in [4.69, 9.17) is 4.74 Å². The molecule has 2 amide bonds. The van der Waals surface area contributed by atoms with Gasteiger partial charge < -0.3 is 24.8 Å². The van der Waals surface area contributed by atoms with Gasteiger partial charge in [-0.2, -0.15) is 0 Å². The summed E-state index contributed by atoms with van der Waals surface area (Å²) in [5.74, 6) is 0.989. The fourth-order valence-corrected chi connectivity index (χ4v) is 3.75. The maximum atomic E-state index is 12.5. The van der Waals surface area contributed by atoms with Crippen molar-refractivity contribution in [3.8, 4) is 0 Å². The molecule has 0 aromatic carbocycles. The van der Waals surface area contributed by atoms with Crippen LogP contribution in [0.3, 0.4) is 0 Å². The minimum absolute atomic E-state index is 0. The Morgan fingerprint density at radius 2 is 1.67 bits per heavy atom. The number of carbonyl (C=O) groups is 2. The summed E-state index contributed by atoms with van der Waals surface area (Å²) in [5, 5.41) is 3.27. The Balaban J connectivity index is 0.00000261. The fraction of sp³-hybridized carbons (Fsp3) is 0.833. The van der Waals surface area contributed by atoms with Crippen molar-refractivity contribution in [3.63, 3.8) is 0 Å². The van der Waals surface area contributed by atoms with Gasteiger partial charge in [-0.25, -0.2) is 4.99 Å². The van der Waals surface area contributed by atoms with Gasteiger partial charge in [-0.1, -0.05) is 0 Å². The topological polar surface area (TPSA) is 77.5 Å². The van der Waals surface area contributed by atoms with Crippen LogP contribution >= 0.6 is 24.0 Å². The van der Waals surface area contributed by atoms with E-state index in [1.165, 1.54) is 0 Å². The van der Waals surface area contributed by atoms with Gasteiger partial charge in [0.15, 0.2) is 5.96 Å². The summed E-state index contributed by atoms with van der Waals surface area (Å²) in [6.07, 6.45) is 3.74. The lowest BCUT2D eigenvalue weighted by atomic mass is 10.2. The van der Waals surface area contributed by atoms with E-state index in [1.54, 1.807) is 0 Å². The molecule has 0 radical (unpaired) electrons. The number of hydrogen-bond acceptors (Lipinski definition) is 4. The average Bonchev–Trinajstić information content (AvgIpc) is 3.38. The third-order valence-corrected chi connectivity index (χ3v) is 5.25. The van der Waals surface area contributed by atoms with Gasteiger partial charge >= 0.3 is 0 Å². The average molecular weight is 493 g/mol. The second-order valence-corrected chi connectivity index (χ2v) is 7.07. The van der Waals surface area contributed by atoms with Crippen LogP contribution in [0.5, 0.6) is 0 Å². The van der Waals surface area contributed by atoms with Crippen LogP contribution in [-0.2, 0) is 14.3 Å². The largest absolute Gasteiger partial charge is 0.368 e. The van der Waals surface area contributed by atoms with E-state index in [0.717, 1.165) is 64.4 Å². The number of rotatable bonds is 4. The van der Waals surface area contributed by atoms with Gasteiger partial charge in [-0.3, -0.25) is 9.59 Å². The first kappa shape index (κ1) is 22.2. The number of amides is 2. The Labute approximate surface area is 178 Å². The molecule has 3 heterocycles. The molecule has 154 valence electrons. The third-order valence-electron chi connectivity index (χ3n) is 5.25. The number of halogens is 1. The van der Waals surface area contributed by atoms with Crippen LogP contribution in [0.2, 0.25) is 0 Å². The summed E-state index contributed by atoms with van der Waals surface area (Å²) >= 11 is 0. The second-order valence-electron chi connectivity index (χ2n) is 7.07. The van der Waals surface area contributed by atoms with Gasteiger partial charge in [-0.15, -0.1) is 24.0 Å². The zero-order valence-corrected chi connectivity index (χ0v) is 18.5. The van der Waals surface area contributed by atoms with Crippen LogP contribution in [0.15, 0.2) is 4.99 Å². The molecule has 3 fully saturated rings. The van der Waals surface area contributed by atoms with Crippen molar-refractivity contribution in [2.24, 2.45) is 4.99 Å². The van der Waals surface area contributed by atoms with E-state index in [0.29, 0.717) is 19.7 Å². The van der Waals surface area contributed by atoms with Gasteiger partial charge in [0.1, 0.15) is 12.6 Å². The molecular weight excluding hydrogens is 461 g/mol. The molecule has 1 N–H and O–H groups in total. The lowest BCUT2D eigenvalue weighted by Crippen LogP contribution is -2.55. The number of hydrogen-bond donors (Lipinski definition) is 1. The van der Waals surface area contributed by atoms with Crippen LogP contribution in [-0.4, -0.2) is 97.5 Å². The van der Waals surface area contributed by atoms with Crippen molar-refractivity contribution in [1.82, 2.24) is 20.0 Å². The molecule has 0 aromatic heterocycles. The van der Waals surface area contributed by atoms with Crippen LogP contribution in [0.4, 0.5) is 0 Å². The molecule has 3 rings (SSSR count). The first-order chi connectivity index (χ1) is 12.7. The van der Waals surface area contributed by atoms with Crippen molar-refractivity contribution in [1.29, 1.82) is 0 Å². The standard InChI is InChI=1S/C18H31N5O3.HI/c1-2-19-18(20-14-16(24)21-7-3-4-8-21)23-11-9-22(10-12-23)17(25)15-6-5-13-26-15;/h15H,2-14H2,1H3,(H,19,20);1H. The van der Waals surface area contributed by atoms with Crippen molar-refractivity contribution in [2.45, 2.75) is 38.7 Å². The number of likely N-dealkylation sites (tertiary alicyclic amines) is 1. The number of piperazine rings is 1. The molecule has 8 nitrogen and oxygen atoms in total. The lowest BCUT2D eigenvalue weighted by molar-refractivity contribution is -0.142. The minimum Gasteiger partial charge on any atom is -0.368 e. The van der Waals surface area contributed by atoms with Gasteiger partial charge in [0, 0.05) is 52.4 Å². The molecule has 1 atom stereocenters. The Morgan fingerprint density at radius 1 is 1.00 bits per heavy atom. The van der Waals surface area contributed by atoms with Crippen molar-refractivity contribution in [2.75, 3.05) is 59.0 Å². The van der Waals surface area contributed by atoms with E-state index in [2.05, 4.69) is 15.2 Å². The number of guanidine groups is 1. The van der Waals surface area contributed by atoms with Crippen LogP contribution in [0.25, 0.3) is 0 Å². The summed E-state index contributed by atoms with van der Waals surface area (Å²) < 4.78 is 5.51. The third kappa shape index (κ3) is 5.94. The van der Waals surface area contributed by atoms with Crippen LogP contribution in [0, 0.1) is 0 Å². The van der Waals surface area contributed by atoms with E-state index >= 15 is 0 Å². The van der Waals surface area contributed by atoms with E-state index < -0.39 is 0 Å². The van der Waals surface area contributed by atoms with Crippen LogP contribution in [0.1, 0.15) is 32.6 Å². The Bertz CT molecular complexity index is 525. The summed E-state index contributed by atoms with van der Waals surface area (Å²) in [6.45, 7) is 8.16. The highest BCUT2D eigenvalue weighted by Gasteiger charge is 2.31. The molecule has 3 saturated heterocycles. The first-order valence-electron chi connectivity index (χ1n) is 9.90. The molecule has 0 saturated carbocycles. The summed E-state index contributed by atoms with van der Waals surface area (Å²) in [4.78, 5) is 35.2. The highest BCUT2D eigenvalue weighted by molar-refractivity contribution is 14.0. The quantitative estimate of drug-likeness (QED) is 0.351. The normalized spacial score (nSPS) is 23.4. The SMILES string of the molecule is CCNC(=NCC(=O)N1CCCC1)N1CCN(C(=O)C2CCCO2)CC1.I. The number of nitrogens with one attached hydrogen (secondary N) is 1. The molecule has 0 spiro atoms. The van der Waals surface area contributed by atoms with Crippen LogP contribution < -0.4 is 5.32 Å². The molecule has 9 heteroatoms. The predicted molar refractivity (Wildman–Crippen MR) is 114 cm³/mol. The Hall–Kier alpha value is -1.10. The maximum absolute atomic E-state index is 12.5. The number of ether oxygens (including phenoxy) is 1. The molecule has 0 bridgehead atoms. The van der Waals surface area contributed by atoms with Crippen molar-refractivity contribution >= 4 is 41.8 Å².